The van der Waals surface area contributed by atoms with Gasteiger partial charge in [-0.2, -0.15) is 4.98 Å². The first kappa shape index (κ1) is 14.1. The van der Waals surface area contributed by atoms with E-state index in [2.05, 4.69) is 15.5 Å². The summed E-state index contributed by atoms with van der Waals surface area (Å²) < 4.78 is 18.7. The molecular formula is C18H16FN3O. The molecule has 3 aromatic rings. The van der Waals surface area contributed by atoms with E-state index in [1.807, 2.05) is 30.3 Å². The normalized spacial score (nSPS) is 17.5. The van der Waals surface area contributed by atoms with Crippen LogP contribution in [0.15, 0.2) is 53.1 Å². The average Bonchev–Trinajstić information content (AvgIpc) is 3.26. The van der Waals surface area contributed by atoms with Gasteiger partial charge in [0.1, 0.15) is 5.82 Å². The maximum absolute atomic E-state index is 13.3. The number of nitrogens with zero attached hydrogens (tertiary/aromatic N) is 2. The molecule has 2 heterocycles. The van der Waals surface area contributed by atoms with Crippen molar-refractivity contribution in [1.29, 1.82) is 0 Å². The van der Waals surface area contributed by atoms with Crippen LogP contribution in [0, 0.1) is 5.82 Å². The predicted molar refractivity (Wildman–Crippen MR) is 85.1 cm³/mol. The molecule has 0 radical (unpaired) electrons. The van der Waals surface area contributed by atoms with Crippen LogP contribution < -0.4 is 5.32 Å². The van der Waals surface area contributed by atoms with Crippen LogP contribution in [0.5, 0.6) is 0 Å². The third-order valence-electron chi connectivity index (χ3n) is 4.10. The van der Waals surface area contributed by atoms with Crippen LogP contribution in [0.1, 0.15) is 24.8 Å². The van der Waals surface area contributed by atoms with Gasteiger partial charge in [0, 0.05) is 5.56 Å². The van der Waals surface area contributed by atoms with Crippen molar-refractivity contribution in [3.8, 4) is 22.5 Å². The van der Waals surface area contributed by atoms with Crippen LogP contribution in [0.25, 0.3) is 22.5 Å². The number of hydrogen-bond acceptors (Lipinski definition) is 4. The molecule has 2 aromatic carbocycles. The quantitative estimate of drug-likeness (QED) is 0.795. The molecule has 0 saturated carbocycles. The van der Waals surface area contributed by atoms with Gasteiger partial charge in [-0.25, -0.2) is 4.39 Å². The maximum Gasteiger partial charge on any atom is 0.244 e. The first-order valence-electron chi connectivity index (χ1n) is 7.73. The van der Waals surface area contributed by atoms with Crippen LogP contribution in [0.3, 0.4) is 0 Å². The molecule has 1 aliphatic rings. The summed E-state index contributed by atoms with van der Waals surface area (Å²) >= 11 is 0. The highest BCUT2D eigenvalue weighted by atomic mass is 19.1. The van der Waals surface area contributed by atoms with E-state index in [4.69, 9.17) is 4.52 Å². The van der Waals surface area contributed by atoms with E-state index in [-0.39, 0.29) is 11.9 Å². The second kappa shape index (κ2) is 5.93. The molecule has 1 aromatic heterocycles. The van der Waals surface area contributed by atoms with Gasteiger partial charge in [-0.3, -0.25) is 0 Å². The third-order valence-corrected chi connectivity index (χ3v) is 4.10. The second-order valence-corrected chi connectivity index (χ2v) is 5.69. The van der Waals surface area contributed by atoms with E-state index in [1.165, 1.54) is 12.1 Å². The summed E-state index contributed by atoms with van der Waals surface area (Å²) in [7, 11) is 0. The molecule has 5 heteroatoms. The lowest BCUT2D eigenvalue weighted by atomic mass is 10.0. The summed E-state index contributed by atoms with van der Waals surface area (Å²) in [6.07, 6.45) is 2.16. The van der Waals surface area contributed by atoms with Gasteiger partial charge in [0.25, 0.3) is 0 Å². The molecule has 0 spiro atoms. The summed E-state index contributed by atoms with van der Waals surface area (Å²) in [6.45, 7) is 0.991. The predicted octanol–water partition coefficient (Wildman–Crippen LogP) is 3.97. The second-order valence-electron chi connectivity index (χ2n) is 5.69. The summed E-state index contributed by atoms with van der Waals surface area (Å²) in [4.78, 5) is 4.48. The first-order chi connectivity index (χ1) is 11.3. The number of rotatable bonds is 3. The van der Waals surface area contributed by atoms with Crippen molar-refractivity contribution in [2.45, 2.75) is 18.9 Å². The standard InChI is InChI=1S/C18H16FN3O/c19-15-4-1-3-14(11-15)12-6-8-13(9-7-12)17-21-18(23-22-17)16-5-2-10-20-16/h1,3-4,6-9,11,16,20H,2,5,10H2. The summed E-state index contributed by atoms with van der Waals surface area (Å²) in [5.74, 6) is 0.990. The fourth-order valence-corrected chi connectivity index (χ4v) is 2.87. The van der Waals surface area contributed by atoms with Crippen LogP contribution in [-0.2, 0) is 0 Å². The molecule has 1 aliphatic heterocycles. The van der Waals surface area contributed by atoms with Crippen LogP contribution in [0.4, 0.5) is 4.39 Å². The van der Waals surface area contributed by atoms with Gasteiger partial charge in [-0.1, -0.05) is 41.6 Å². The van der Waals surface area contributed by atoms with Gasteiger partial charge in [0.05, 0.1) is 6.04 Å². The van der Waals surface area contributed by atoms with Crippen molar-refractivity contribution in [2.75, 3.05) is 6.54 Å². The average molecular weight is 309 g/mol. The van der Waals surface area contributed by atoms with Crippen LogP contribution >= 0.6 is 0 Å². The molecule has 0 aliphatic carbocycles. The molecule has 0 bridgehead atoms. The van der Waals surface area contributed by atoms with E-state index in [1.54, 1.807) is 6.07 Å². The molecular weight excluding hydrogens is 293 g/mol. The molecule has 1 fully saturated rings. The lowest BCUT2D eigenvalue weighted by Gasteiger charge is -2.03. The zero-order valence-electron chi connectivity index (χ0n) is 12.5. The van der Waals surface area contributed by atoms with Crippen LogP contribution in [-0.4, -0.2) is 16.7 Å². The molecule has 116 valence electrons. The Hall–Kier alpha value is -2.53. The van der Waals surface area contributed by atoms with Gasteiger partial charge in [-0.15, -0.1) is 0 Å². The molecule has 0 amide bonds. The molecule has 4 rings (SSSR count). The van der Waals surface area contributed by atoms with Gasteiger partial charge >= 0.3 is 0 Å². The monoisotopic (exact) mass is 309 g/mol. The number of hydrogen-bond donors (Lipinski definition) is 1. The minimum atomic E-state index is -0.238. The van der Waals surface area contributed by atoms with Crippen molar-refractivity contribution in [3.63, 3.8) is 0 Å². The highest BCUT2D eigenvalue weighted by Crippen LogP contribution is 2.26. The van der Waals surface area contributed by atoms with Crippen molar-refractivity contribution in [1.82, 2.24) is 15.5 Å². The Morgan fingerprint density at radius 3 is 2.61 bits per heavy atom. The van der Waals surface area contributed by atoms with E-state index in [9.17, 15) is 4.39 Å². The Kier molecular flexibility index (Phi) is 3.63. The largest absolute Gasteiger partial charge is 0.337 e. The fraction of sp³-hybridized carbons (Fsp3) is 0.222. The highest BCUT2D eigenvalue weighted by molar-refractivity contribution is 5.67. The molecule has 1 unspecified atom stereocenters. The summed E-state index contributed by atoms with van der Waals surface area (Å²) in [6, 6.07) is 14.5. The zero-order valence-corrected chi connectivity index (χ0v) is 12.5. The van der Waals surface area contributed by atoms with Crippen molar-refractivity contribution >= 4 is 0 Å². The maximum atomic E-state index is 13.3. The molecule has 4 nitrogen and oxygen atoms in total. The number of halogens is 1. The zero-order chi connectivity index (χ0) is 15.6. The summed E-state index contributed by atoms with van der Waals surface area (Å²) in [5.41, 5.74) is 2.69. The van der Waals surface area contributed by atoms with Crippen molar-refractivity contribution in [3.05, 3.63) is 60.2 Å². The van der Waals surface area contributed by atoms with E-state index < -0.39 is 0 Å². The lowest BCUT2D eigenvalue weighted by molar-refractivity contribution is 0.345. The number of benzene rings is 2. The smallest absolute Gasteiger partial charge is 0.244 e. The minimum Gasteiger partial charge on any atom is -0.337 e. The van der Waals surface area contributed by atoms with Gasteiger partial charge in [0.2, 0.25) is 11.7 Å². The van der Waals surface area contributed by atoms with E-state index in [0.717, 1.165) is 36.1 Å². The Morgan fingerprint density at radius 2 is 1.87 bits per heavy atom. The Bertz CT molecular complexity index is 807. The van der Waals surface area contributed by atoms with Gasteiger partial charge in [-0.05, 0) is 42.6 Å². The number of nitrogens with one attached hydrogen (secondary N) is 1. The third kappa shape index (κ3) is 2.87. The molecule has 23 heavy (non-hydrogen) atoms. The van der Waals surface area contributed by atoms with Crippen molar-refractivity contribution < 1.29 is 8.91 Å². The number of aromatic nitrogens is 2. The lowest BCUT2D eigenvalue weighted by Crippen LogP contribution is -2.12. The van der Waals surface area contributed by atoms with Gasteiger partial charge in [0.15, 0.2) is 0 Å². The fourth-order valence-electron chi connectivity index (χ4n) is 2.87. The Balaban J connectivity index is 1.58. The van der Waals surface area contributed by atoms with Crippen molar-refractivity contribution in [2.24, 2.45) is 0 Å². The molecule has 1 saturated heterocycles. The van der Waals surface area contributed by atoms with Gasteiger partial charge < -0.3 is 9.84 Å². The molecule has 1 atom stereocenters. The van der Waals surface area contributed by atoms with E-state index in [0.29, 0.717) is 11.7 Å². The van der Waals surface area contributed by atoms with Crippen LogP contribution in [0.2, 0.25) is 0 Å². The SMILES string of the molecule is Fc1cccc(-c2ccc(-c3noc(C4CCCN4)n3)cc2)c1. The topological polar surface area (TPSA) is 51.0 Å². The summed E-state index contributed by atoms with van der Waals surface area (Å²) in [5, 5.41) is 7.40. The minimum absolute atomic E-state index is 0.169. The van der Waals surface area contributed by atoms with E-state index >= 15 is 0 Å². The molecule has 1 N–H and O–H groups in total. The highest BCUT2D eigenvalue weighted by Gasteiger charge is 2.22. The Morgan fingerprint density at radius 1 is 1.04 bits per heavy atom. The Labute approximate surface area is 133 Å². The first-order valence-corrected chi connectivity index (χ1v) is 7.73.